The van der Waals surface area contributed by atoms with E-state index in [0.29, 0.717) is 12.5 Å². The van der Waals surface area contributed by atoms with Crippen LogP contribution in [-0.2, 0) is 9.59 Å². The van der Waals surface area contributed by atoms with Crippen molar-refractivity contribution >= 4 is 17.8 Å². The highest BCUT2D eigenvalue weighted by atomic mass is 16.3. The van der Waals surface area contributed by atoms with Gasteiger partial charge in [0.1, 0.15) is 12.1 Å². The molecule has 8 heteroatoms. The fourth-order valence-corrected chi connectivity index (χ4v) is 2.84. The van der Waals surface area contributed by atoms with Gasteiger partial charge in [-0.15, -0.1) is 0 Å². The predicted molar refractivity (Wildman–Crippen MR) is 78.9 cm³/mol. The average Bonchev–Trinajstić information content (AvgIpc) is 2.97. The van der Waals surface area contributed by atoms with E-state index in [-0.39, 0.29) is 6.54 Å². The number of rotatable bonds is 6. The zero-order valence-electron chi connectivity index (χ0n) is 12.6. The van der Waals surface area contributed by atoms with Crippen molar-refractivity contribution < 1.29 is 19.5 Å². The molecule has 8 nitrogen and oxygen atoms in total. The van der Waals surface area contributed by atoms with Gasteiger partial charge in [-0.05, 0) is 18.8 Å². The van der Waals surface area contributed by atoms with Crippen molar-refractivity contribution in [1.29, 1.82) is 0 Å². The van der Waals surface area contributed by atoms with Gasteiger partial charge < -0.3 is 26.4 Å². The van der Waals surface area contributed by atoms with Gasteiger partial charge in [0, 0.05) is 13.1 Å². The smallest absolute Gasteiger partial charge is 0.315 e. The third kappa shape index (κ3) is 4.59. The number of nitrogens with one attached hydrogen (secondary N) is 4. The third-order valence-corrected chi connectivity index (χ3v) is 4.19. The quantitative estimate of drug-likeness (QED) is 0.425. The summed E-state index contributed by atoms with van der Waals surface area (Å²) in [6.45, 7) is 0.274. The van der Waals surface area contributed by atoms with Gasteiger partial charge >= 0.3 is 6.03 Å². The topological polar surface area (TPSA) is 120 Å². The maximum Gasteiger partial charge on any atom is 0.315 e. The highest BCUT2D eigenvalue weighted by molar-refractivity contribution is 5.93. The van der Waals surface area contributed by atoms with Gasteiger partial charge in [-0.1, -0.05) is 19.3 Å². The van der Waals surface area contributed by atoms with Crippen LogP contribution in [0.2, 0.25) is 0 Å². The number of carbonyl (C=O) groups excluding carboxylic acids is 3. The summed E-state index contributed by atoms with van der Waals surface area (Å²) >= 11 is 0. The summed E-state index contributed by atoms with van der Waals surface area (Å²) in [7, 11) is 0. The number of urea groups is 1. The van der Waals surface area contributed by atoms with Crippen LogP contribution in [0.4, 0.5) is 4.79 Å². The number of hydrogen-bond donors (Lipinski definition) is 5. The second-order valence-corrected chi connectivity index (χ2v) is 5.90. The minimum Gasteiger partial charge on any atom is -0.394 e. The summed E-state index contributed by atoms with van der Waals surface area (Å²) in [5.41, 5.74) is 0. The summed E-state index contributed by atoms with van der Waals surface area (Å²) in [5.74, 6) is -0.394. The molecule has 124 valence electrons. The second kappa shape index (κ2) is 7.98. The van der Waals surface area contributed by atoms with Gasteiger partial charge in [0.05, 0.1) is 6.61 Å². The minimum absolute atomic E-state index is 0.173. The largest absolute Gasteiger partial charge is 0.394 e. The van der Waals surface area contributed by atoms with Crippen molar-refractivity contribution in [1.82, 2.24) is 21.3 Å². The highest BCUT2D eigenvalue weighted by Gasteiger charge is 2.30. The Hall–Kier alpha value is -1.83. The molecule has 1 unspecified atom stereocenters. The van der Waals surface area contributed by atoms with E-state index in [1.807, 2.05) is 0 Å². The first kappa shape index (κ1) is 16.5. The highest BCUT2D eigenvalue weighted by Crippen LogP contribution is 2.22. The number of amides is 4. The van der Waals surface area contributed by atoms with E-state index in [1.54, 1.807) is 0 Å². The molecule has 5 N–H and O–H groups in total. The molecular formula is C14H24N4O4. The minimum atomic E-state index is -0.992. The normalized spacial score (nSPS) is 23.3. The summed E-state index contributed by atoms with van der Waals surface area (Å²) in [6, 6.07) is -2.12. The van der Waals surface area contributed by atoms with E-state index < -0.39 is 36.5 Å². The SMILES string of the molecule is O=C1NCC(C(=O)N[C@@H](CO)C(=O)NCC2CCCCC2)N1. The first-order valence-electron chi connectivity index (χ1n) is 7.83. The van der Waals surface area contributed by atoms with E-state index in [9.17, 15) is 19.5 Å². The second-order valence-electron chi connectivity index (χ2n) is 5.90. The first-order valence-corrected chi connectivity index (χ1v) is 7.83. The Bertz CT molecular complexity index is 423. The van der Waals surface area contributed by atoms with Crippen LogP contribution in [-0.4, -0.2) is 54.7 Å². The van der Waals surface area contributed by atoms with Crippen molar-refractivity contribution in [3.05, 3.63) is 0 Å². The zero-order valence-corrected chi connectivity index (χ0v) is 12.6. The third-order valence-electron chi connectivity index (χ3n) is 4.19. The molecule has 0 spiro atoms. The fraction of sp³-hybridized carbons (Fsp3) is 0.786. The van der Waals surface area contributed by atoms with Crippen LogP contribution in [0, 0.1) is 5.92 Å². The maximum atomic E-state index is 12.0. The Balaban J connectivity index is 1.75. The monoisotopic (exact) mass is 312 g/mol. The lowest BCUT2D eigenvalue weighted by Crippen LogP contribution is -2.54. The molecule has 2 rings (SSSR count). The molecule has 4 amide bonds. The van der Waals surface area contributed by atoms with E-state index in [0.717, 1.165) is 12.8 Å². The summed E-state index contributed by atoms with van der Waals surface area (Å²) in [6.07, 6.45) is 5.84. The van der Waals surface area contributed by atoms with Gasteiger partial charge in [-0.25, -0.2) is 4.79 Å². The molecule has 1 saturated carbocycles. The van der Waals surface area contributed by atoms with Crippen LogP contribution in [0.15, 0.2) is 0 Å². The summed E-state index contributed by atoms with van der Waals surface area (Å²) in [4.78, 5) is 35.0. The fourth-order valence-electron chi connectivity index (χ4n) is 2.84. The number of carbonyl (C=O) groups is 3. The Morgan fingerprint density at radius 3 is 2.59 bits per heavy atom. The van der Waals surface area contributed by atoms with Gasteiger partial charge in [-0.3, -0.25) is 9.59 Å². The molecule has 0 aromatic rings. The van der Waals surface area contributed by atoms with Gasteiger partial charge in [0.2, 0.25) is 11.8 Å². The van der Waals surface area contributed by atoms with Crippen molar-refractivity contribution in [3.63, 3.8) is 0 Å². The molecule has 0 aromatic heterocycles. The van der Waals surface area contributed by atoms with Gasteiger partial charge in [0.25, 0.3) is 0 Å². The molecule has 0 radical (unpaired) electrons. The van der Waals surface area contributed by atoms with Crippen LogP contribution in [0.25, 0.3) is 0 Å². The van der Waals surface area contributed by atoms with E-state index >= 15 is 0 Å². The number of hydrogen-bond acceptors (Lipinski definition) is 4. The first-order chi connectivity index (χ1) is 10.6. The Labute approximate surface area is 129 Å². The van der Waals surface area contributed by atoms with E-state index in [2.05, 4.69) is 21.3 Å². The molecule has 2 aliphatic rings. The van der Waals surface area contributed by atoms with Crippen molar-refractivity contribution in [2.45, 2.75) is 44.2 Å². The van der Waals surface area contributed by atoms with Gasteiger partial charge in [0.15, 0.2) is 0 Å². The lowest BCUT2D eigenvalue weighted by molar-refractivity contribution is -0.130. The Morgan fingerprint density at radius 1 is 1.27 bits per heavy atom. The molecule has 1 aliphatic heterocycles. The number of aliphatic hydroxyl groups is 1. The maximum absolute atomic E-state index is 12.0. The summed E-state index contributed by atoms with van der Waals surface area (Å²) < 4.78 is 0. The molecule has 0 aromatic carbocycles. The van der Waals surface area contributed by atoms with Crippen molar-refractivity contribution in [2.75, 3.05) is 19.7 Å². The molecule has 1 saturated heterocycles. The molecule has 2 atom stereocenters. The van der Waals surface area contributed by atoms with Crippen molar-refractivity contribution in [2.24, 2.45) is 5.92 Å². The number of aliphatic hydroxyl groups excluding tert-OH is 1. The zero-order chi connectivity index (χ0) is 15.9. The molecular weight excluding hydrogens is 288 g/mol. The Morgan fingerprint density at radius 2 is 2.00 bits per heavy atom. The average molecular weight is 312 g/mol. The predicted octanol–water partition coefficient (Wildman–Crippen LogP) is -1.16. The van der Waals surface area contributed by atoms with Crippen LogP contribution in [0.5, 0.6) is 0 Å². The summed E-state index contributed by atoms with van der Waals surface area (Å²) in [5, 5.41) is 19.4. The standard InChI is InChI=1S/C14H24N4O4/c19-8-11(17-13(21)10-7-16-14(22)18-10)12(20)15-6-9-4-2-1-3-5-9/h9-11,19H,1-8H2,(H,15,20)(H,17,21)(H2,16,18,22)/t10?,11-/m0/s1. The molecule has 22 heavy (non-hydrogen) atoms. The van der Waals surface area contributed by atoms with Gasteiger partial charge in [-0.2, -0.15) is 0 Å². The van der Waals surface area contributed by atoms with Crippen LogP contribution in [0.3, 0.4) is 0 Å². The van der Waals surface area contributed by atoms with Crippen LogP contribution < -0.4 is 21.3 Å². The van der Waals surface area contributed by atoms with E-state index in [1.165, 1.54) is 19.3 Å². The van der Waals surface area contributed by atoms with Crippen LogP contribution >= 0.6 is 0 Å². The molecule has 0 bridgehead atoms. The molecule has 1 aliphatic carbocycles. The lowest BCUT2D eigenvalue weighted by Gasteiger charge is -2.23. The van der Waals surface area contributed by atoms with E-state index in [4.69, 9.17) is 0 Å². The van der Waals surface area contributed by atoms with Crippen molar-refractivity contribution in [3.8, 4) is 0 Å². The lowest BCUT2D eigenvalue weighted by atomic mass is 9.89. The molecule has 1 heterocycles. The molecule has 2 fully saturated rings. The van der Waals surface area contributed by atoms with Crippen LogP contribution in [0.1, 0.15) is 32.1 Å². The Kier molecular flexibility index (Phi) is 6.00.